The van der Waals surface area contributed by atoms with Crippen LogP contribution in [0, 0.1) is 6.92 Å². The van der Waals surface area contributed by atoms with Crippen LogP contribution < -0.4 is 16.4 Å². The molecule has 0 aliphatic carbocycles. The number of rotatable bonds is 5. The average molecular weight is 445 g/mol. The molecule has 0 saturated carbocycles. The Balaban J connectivity index is 1.56. The number of hydrogen-bond acceptors (Lipinski definition) is 5. The fourth-order valence-corrected chi connectivity index (χ4v) is 4.00. The monoisotopic (exact) mass is 444 g/mol. The van der Waals surface area contributed by atoms with Gasteiger partial charge in [0.25, 0.3) is 11.5 Å². The summed E-state index contributed by atoms with van der Waals surface area (Å²) in [5.74, 6) is -0.867. The number of nitrogens with zero attached hydrogens (tertiary/aromatic N) is 2. The number of carbonyl (C=O) groups excluding carboxylic acids is 2. The Kier molecular flexibility index (Phi) is 6.32. The van der Waals surface area contributed by atoms with Crippen LogP contribution in [0.25, 0.3) is 16.6 Å². The summed E-state index contributed by atoms with van der Waals surface area (Å²) in [6.45, 7) is 1.91. The number of amides is 2. The van der Waals surface area contributed by atoms with Gasteiger partial charge >= 0.3 is 0 Å². The molecule has 0 bridgehead atoms. The van der Waals surface area contributed by atoms with E-state index in [0.29, 0.717) is 27.3 Å². The molecule has 4 rings (SSSR count). The van der Waals surface area contributed by atoms with E-state index >= 15 is 0 Å². The number of aryl methyl sites for hydroxylation is 1. The molecule has 2 N–H and O–H groups in total. The molecule has 0 spiro atoms. The van der Waals surface area contributed by atoms with E-state index in [9.17, 15) is 14.4 Å². The molecule has 160 valence electrons. The van der Waals surface area contributed by atoms with Crippen LogP contribution in [-0.2, 0) is 4.79 Å². The maximum atomic E-state index is 13.3. The van der Waals surface area contributed by atoms with Crippen molar-refractivity contribution in [2.45, 2.75) is 12.1 Å². The maximum Gasteiger partial charge on any atom is 0.269 e. The molecule has 2 amide bonds. The van der Waals surface area contributed by atoms with E-state index in [1.54, 1.807) is 48.5 Å². The van der Waals surface area contributed by atoms with Crippen molar-refractivity contribution in [3.8, 4) is 5.69 Å². The molecule has 7 nitrogen and oxygen atoms in total. The molecular weight excluding hydrogens is 424 g/mol. The smallest absolute Gasteiger partial charge is 0.269 e. The molecular formula is C24H20N4O3S. The summed E-state index contributed by atoms with van der Waals surface area (Å²) in [5, 5.41) is 0.896. The van der Waals surface area contributed by atoms with Crippen molar-refractivity contribution in [2.75, 3.05) is 5.75 Å². The van der Waals surface area contributed by atoms with E-state index in [1.807, 2.05) is 37.3 Å². The number of fused-ring (bicyclic) bond motifs is 1. The summed E-state index contributed by atoms with van der Waals surface area (Å²) in [6, 6.07) is 23.2. The normalized spacial score (nSPS) is 10.7. The lowest BCUT2D eigenvalue weighted by Crippen LogP contribution is -2.42. The van der Waals surface area contributed by atoms with Gasteiger partial charge in [0, 0.05) is 5.56 Å². The van der Waals surface area contributed by atoms with Crippen molar-refractivity contribution >= 4 is 34.5 Å². The molecule has 0 aliphatic heterocycles. The number of hydrazine groups is 1. The van der Waals surface area contributed by atoms with Gasteiger partial charge in [-0.25, -0.2) is 4.98 Å². The second-order valence-corrected chi connectivity index (χ2v) is 7.94. The third-order valence-corrected chi connectivity index (χ3v) is 5.72. The number of aromatic nitrogens is 2. The number of carbonyl (C=O) groups is 2. The van der Waals surface area contributed by atoms with Crippen molar-refractivity contribution in [3.63, 3.8) is 0 Å². The van der Waals surface area contributed by atoms with Crippen molar-refractivity contribution < 1.29 is 9.59 Å². The number of thioether (sulfide) groups is 1. The number of nitrogens with one attached hydrogen (secondary N) is 2. The fraction of sp³-hybridized carbons (Fsp3) is 0.0833. The van der Waals surface area contributed by atoms with E-state index in [0.717, 1.165) is 17.3 Å². The van der Waals surface area contributed by atoms with Crippen LogP contribution >= 0.6 is 11.8 Å². The molecule has 8 heteroatoms. The lowest BCUT2D eigenvalue weighted by Gasteiger charge is -2.15. The van der Waals surface area contributed by atoms with Gasteiger partial charge in [-0.3, -0.25) is 29.8 Å². The van der Waals surface area contributed by atoms with Crippen LogP contribution in [0.1, 0.15) is 15.9 Å². The van der Waals surface area contributed by atoms with Gasteiger partial charge in [-0.15, -0.1) is 0 Å². The van der Waals surface area contributed by atoms with Crippen molar-refractivity contribution in [1.82, 2.24) is 20.4 Å². The topological polar surface area (TPSA) is 93.1 Å². The van der Waals surface area contributed by atoms with Gasteiger partial charge < -0.3 is 0 Å². The van der Waals surface area contributed by atoms with E-state index in [-0.39, 0.29) is 11.3 Å². The Morgan fingerprint density at radius 2 is 1.59 bits per heavy atom. The van der Waals surface area contributed by atoms with Crippen LogP contribution in [0.5, 0.6) is 0 Å². The highest BCUT2D eigenvalue weighted by molar-refractivity contribution is 7.99. The summed E-state index contributed by atoms with van der Waals surface area (Å²) >= 11 is 1.12. The van der Waals surface area contributed by atoms with Crippen molar-refractivity contribution in [3.05, 3.63) is 100 Å². The summed E-state index contributed by atoms with van der Waals surface area (Å²) in [7, 11) is 0. The highest BCUT2D eigenvalue weighted by Crippen LogP contribution is 2.22. The van der Waals surface area contributed by atoms with E-state index < -0.39 is 11.8 Å². The highest BCUT2D eigenvalue weighted by atomic mass is 32.2. The SMILES string of the molecule is Cc1ccccc1-n1c(SCC(=O)NNC(=O)c2ccccc2)nc2ccccc2c1=O. The first kappa shape index (κ1) is 21.3. The molecule has 3 aromatic carbocycles. The Labute approximate surface area is 188 Å². The third kappa shape index (κ3) is 4.55. The molecule has 0 aliphatic rings. The molecule has 0 radical (unpaired) electrons. The second-order valence-electron chi connectivity index (χ2n) is 7.00. The number of para-hydroxylation sites is 2. The van der Waals surface area contributed by atoms with Crippen molar-refractivity contribution in [1.29, 1.82) is 0 Å². The highest BCUT2D eigenvalue weighted by Gasteiger charge is 2.16. The first-order chi connectivity index (χ1) is 15.5. The second kappa shape index (κ2) is 9.49. The fourth-order valence-electron chi connectivity index (χ4n) is 3.19. The predicted molar refractivity (Wildman–Crippen MR) is 125 cm³/mol. The van der Waals surface area contributed by atoms with Crippen LogP contribution in [0.2, 0.25) is 0 Å². The van der Waals surface area contributed by atoms with E-state index in [1.165, 1.54) is 4.57 Å². The zero-order chi connectivity index (χ0) is 22.5. The van der Waals surface area contributed by atoms with Crippen LogP contribution in [0.3, 0.4) is 0 Å². The molecule has 0 atom stereocenters. The van der Waals surface area contributed by atoms with Crippen molar-refractivity contribution in [2.24, 2.45) is 0 Å². The molecule has 0 unspecified atom stereocenters. The largest absolute Gasteiger partial charge is 0.272 e. The van der Waals surface area contributed by atoms with Crippen LogP contribution in [0.4, 0.5) is 0 Å². The summed E-state index contributed by atoms with van der Waals surface area (Å²) in [5.41, 5.74) is 7.19. The Hall–Kier alpha value is -3.91. The standard InChI is InChI=1S/C24H20N4O3S/c1-16-9-5-8-14-20(16)28-23(31)18-12-6-7-13-19(18)25-24(28)32-15-21(29)26-27-22(30)17-10-3-2-4-11-17/h2-14H,15H2,1H3,(H,26,29)(H,27,30). The van der Waals surface area contributed by atoms with Gasteiger partial charge in [0.2, 0.25) is 5.91 Å². The Bertz CT molecular complexity index is 1350. The minimum atomic E-state index is -0.418. The molecule has 4 aromatic rings. The summed E-state index contributed by atoms with van der Waals surface area (Å²) < 4.78 is 1.53. The zero-order valence-corrected chi connectivity index (χ0v) is 18.1. The minimum absolute atomic E-state index is 0.0360. The quantitative estimate of drug-likeness (QED) is 0.280. The number of hydrogen-bond donors (Lipinski definition) is 2. The molecule has 0 fully saturated rings. The number of benzene rings is 3. The summed E-state index contributed by atoms with van der Waals surface area (Å²) in [4.78, 5) is 42.4. The first-order valence-electron chi connectivity index (χ1n) is 9.89. The molecule has 1 aromatic heterocycles. The minimum Gasteiger partial charge on any atom is -0.272 e. The lowest BCUT2D eigenvalue weighted by atomic mass is 10.2. The van der Waals surface area contributed by atoms with E-state index in [4.69, 9.17) is 0 Å². The third-order valence-electron chi connectivity index (χ3n) is 4.79. The molecule has 32 heavy (non-hydrogen) atoms. The predicted octanol–water partition coefficient (Wildman–Crippen LogP) is 3.25. The molecule has 1 heterocycles. The van der Waals surface area contributed by atoms with Crippen LogP contribution in [-0.4, -0.2) is 27.1 Å². The average Bonchev–Trinajstić information content (AvgIpc) is 2.82. The van der Waals surface area contributed by atoms with Gasteiger partial charge in [-0.05, 0) is 42.8 Å². The van der Waals surface area contributed by atoms with Gasteiger partial charge in [-0.1, -0.05) is 60.3 Å². The van der Waals surface area contributed by atoms with E-state index in [2.05, 4.69) is 15.8 Å². The lowest BCUT2D eigenvalue weighted by molar-refractivity contribution is -0.119. The Morgan fingerprint density at radius 1 is 0.906 bits per heavy atom. The van der Waals surface area contributed by atoms with Crippen LogP contribution in [0.15, 0.2) is 88.8 Å². The van der Waals surface area contributed by atoms with Gasteiger partial charge in [0.15, 0.2) is 5.16 Å². The van der Waals surface area contributed by atoms with Gasteiger partial charge in [-0.2, -0.15) is 0 Å². The Morgan fingerprint density at radius 3 is 2.38 bits per heavy atom. The summed E-state index contributed by atoms with van der Waals surface area (Å²) in [6.07, 6.45) is 0. The molecule has 0 saturated heterocycles. The first-order valence-corrected chi connectivity index (χ1v) is 10.9. The van der Waals surface area contributed by atoms with Gasteiger partial charge in [0.05, 0.1) is 22.3 Å². The zero-order valence-electron chi connectivity index (χ0n) is 17.2. The maximum absolute atomic E-state index is 13.3. The van der Waals surface area contributed by atoms with Gasteiger partial charge in [0.1, 0.15) is 0 Å².